The van der Waals surface area contributed by atoms with E-state index in [2.05, 4.69) is 397 Å². The van der Waals surface area contributed by atoms with Crippen molar-refractivity contribution in [3.8, 4) is 134 Å². The average molecular weight is 1600 g/mol. The minimum absolute atomic E-state index is 0.722. The Bertz CT molecular complexity index is 7030. The molecule has 0 saturated heterocycles. The number of aromatic amines is 6. The average Bonchev–Trinajstić information content (AvgIpc) is 1.55. The van der Waals surface area contributed by atoms with Crippen LogP contribution in [0.25, 0.3) is 249 Å². The molecule has 17 aromatic rings. The molecule has 124 heavy (non-hydrogen) atoms. The zero-order valence-corrected chi connectivity index (χ0v) is 68.8. The highest BCUT2D eigenvalue weighted by Gasteiger charge is 2.34. The van der Waals surface area contributed by atoms with E-state index in [1.54, 1.807) is 0 Å². The predicted octanol–water partition coefficient (Wildman–Crippen LogP) is 28.5. The zero-order valence-electron chi connectivity index (χ0n) is 68.8. The van der Waals surface area contributed by atoms with Crippen molar-refractivity contribution < 1.29 is 0 Å². The first kappa shape index (κ1) is 73.2. The lowest BCUT2D eigenvalue weighted by atomic mass is 9.96. The smallest absolute Gasteiger partial charge is 0.0759 e. The SMILES string of the molecule is CCc1c(CC)c2cc3nc(cc4[nH]c(cc5nc(cc1[nH]2)-c1c-5c2[nH]c1c(-c1ccccc1)c1nc(c(-c5ccccc5)c5ccc([nH]5)c(-c5ccccc5)c5nc(c2-c2ccccc2)C=C5)C=C1)c(CC)c4CC)-c1c-3c2[nH]c1c(-c1ccccc1)c1nc(c(-c3ccccc3)c3ccc([nH]3)c(-c3ccccc3)c3nc(c2-c2ccccc2)C=C3)C=C1. The van der Waals surface area contributed by atoms with Gasteiger partial charge in [0.2, 0.25) is 0 Å². The fourth-order valence-electron chi connectivity index (χ4n) is 19.8. The molecule has 590 valence electrons. The van der Waals surface area contributed by atoms with Crippen LogP contribution in [0.15, 0.2) is 291 Å². The molecule has 0 atom stereocenters. The van der Waals surface area contributed by atoms with Crippen LogP contribution in [0.5, 0.6) is 0 Å². The van der Waals surface area contributed by atoms with Gasteiger partial charge in [-0.3, -0.25) is 0 Å². The maximum Gasteiger partial charge on any atom is 0.0759 e. The topological polar surface area (TPSA) is 172 Å². The zero-order chi connectivity index (χ0) is 82.6. The summed E-state index contributed by atoms with van der Waals surface area (Å²) < 4.78 is 0. The van der Waals surface area contributed by atoms with Crippen LogP contribution in [-0.4, -0.2) is 59.8 Å². The van der Waals surface area contributed by atoms with E-state index in [4.69, 9.17) is 29.9 Å². The molecular formula is C112H82N12. The van der Waals surface area contributed by atoms with Crippen molar-refractivity contribution >= 4 is 115 Å². The Morgan fingerprint density at radius 3 is 0.524 bits per heavy atom. The normalized spacial score (nSPS) is 12.4. The third kappa shape index (κ3) is 12.2. The molecule has 6 N–H and O–H groups in total. The van der Waals surface area contributed by atoms with Crippen LogP contribution < -0.4 is 0 Å². The lowest BCUT2D eigenvalue weighted by Gasteiger charge is -2.07. The number of nitrogens with one attached hydrogen (secondary N) is 6. The third-order valence-electron chi connectivity index (χ3n) is 25.2. The van der Waals surface area contributed by atoms with Crippen LogP contribution in [0.4, 0.5) is 0 Å². The standard InChI is InChI=1S/C112H82N12/c1-5-73-74(6-2)90-62-94-106-108(112-104(72-47-31-16-32-48-72)88-60-56-84(118-88)100(68-39-23-12-24-40-68)80-52-51-78(114-80)98(66-35-19-10-20-36-66)82-54-58-86(116-82)102(110(106)124-112)70-43-27-14-28-44-70)96(122-94)64-92-76(8-4)75(7-3)91(120-92)63-95-107-105(93(121-95)61-89(73)119-90)109-101(69-41-25-13-26-42-69)85-57-53-81(115-85)97(65-33-17-9-18-34-65)77-49-50-79(113-77)99(67-37-21-11-22-38-67)83-55-59-87(117-83)103(111(107)123-109)71-45-29-15-30-46-71/h9-64,113-114,119-120,123-124H,5-8H2,1-4H3. The number of aromatic nitrogens is 12. The van der Waals surface area contributed by atoms with E-state index in [9.17, 15) is 0 Å². The molecule has 0 amide bonds. The number of aryl methyl sites for hydroxylation is 4. The van der Waals surface area contributed by atoms with E-state index >= 15 is 0 Å². The number of rotatable bonds is 12. The van der Waals surface area contributed by atoms with E-state index in [0.717, 1.165) is 271 Å². The predicted molar refractivity (Wildman–Crippen MR) is 516 cm³/mol. The fraction of sp³-hybridized carbons (Fsp3) is 0.0714. The van der Waals surface area contributed by atoms with E-state index in [0.29, 0.717) is 0 Å². The summed E-state index contributed by atoms with van der Waals surface area (Å²) in [6.07, 6.45) is 20.4. The summed E-state index contributed by atoms with van der Waals surface area (Å²) in [6.45, 7) is 9.11. The second kappa shape index (κ2) is 30.1. The van der Waals surface area contributed by atoms with E-state index in [1.807, 2.05) is 0 Å². The Morgan fingerprint density at radius 2 is 0.339 bits per heavy atom. The van der Waals surface area contributed by atoms with Gasteiger partial charge in [-0.1, -0.05) is 270 Å². The van der Waals surface area contributed by atoms with Gasteiger partial charge < -0.3 is 29.9 Å². The number of fused-ring (bicyclic) bond motifs is 34. The van der Waals surface area contributed by atoms with Crippen LogP contribution in [-0.2, 0) is 25.7 Å². The molecule has 12 heteroatoms. The first-order valence-electron chi connectivity index (χ1n) is 43.0. The molecule has 23 rings (SSSR count). The maximum absolute atomic E-state index is 6.13. The van der Waals surface area contributed by atoms with Crippen molar-refractivity contribution in [1.82, 2.24) is 59.8 Å². The summed E-state index contributed by atoms with van der Waals surface area (Å²) in [5, 5.41) is 0. The quantitative estimate of drug-likeness (QED) is 0.0711. The number of nitrogens with zero attached hydrogens (tertiary/aromatic N) is 6. The van der Waals surface area contributed by atoms with Crippen LogP contribution in [0.1, 0.15) is 95.5 Å². The second-order valence-electron chi connectivity index (χ2n) is 32.2. The summed E-state index contributed by atoms with van der Waals surface area (Å²) in [7, 11) is 0. The highest BCUT2D eigenvalue weighted by Crippen LogP contribution is 2.53. The molecule has 0 spiro atoms. The maximum atomic E-state index is 6.13. The Labute approximate surface area is 716 Å². The van der Waals surface area contributed by atoms with Crippen molar-refractivity contribution in [3.05, 3.63) is 359 Å². The number of hydrogen-bond donors (Lipinski definition) is 6. The molecule has 0 aliphatic carbocycles. The van der Waals surface area contributed by atoms with Crippen LogP contribution in [0, 0.1) is 0 Å². The molecular weight excluding hydrogens is 1510 g/mol. The van der Waals surface area contributed by atoms with Crippen molar-refractivity contribution in [1.29, 1.82) is 0 Å². The van der Waals surface area contributed by atoms with Gasteiger partial charge in [-0.2, -0.15) is 0 Å². The highest BCUT2D eigenvalue weighted by molar-refractivity contribution is 6.17. The van der Waals surface area contributed by atoms with Gasteiger partial charge in [0.05, 0.1) is 90.4 Å². The molecule has 12 nitrogen and oxygen atoms in total. The summed E-state index contributed by atoms with van der Waals surface area (Å²) in [5.74, 6) is 0. The summed E-state index contributed by atoms with van der Waals surface area (Å²) in [5.41, 5.74) is 45.0. The van der Waals surface area contributed by atoms with Gasteiger partial charge in [-0.25, -0.2) is 29.9 Å². The van der Waals surface area contributed by atoms with Crippen molar-refractivity contribution in [3.63, 3.8) is 0 Å². The number of hydrogen-bond acceptors (Lipinski definition) is 6. The molecule has 0 unspecified atom stereocenters. The lowest BCUT2D eigenvalue weighted by Crippen LogP contribution is -1.90. The lowest BCUT2D eigenvalue weighted by molar-refractivity contribution is 1.07. The molecule has 0 radical (unpaired) electrons. The third-order valence-corrected chi connectivity index (χ3v) is 25.2. The van der Waals surface area contributed by atoms with Crippen LogP contribution in [0.2, 0.25) is 0 Å². The van der Waals surface area contributed by atoms with Gasteiger partial charge >= 0.3 is 0 Å². The van der Waals surface area contributed by atoms with E-state index in [1.165, 1.54) is 22.3 Å². The van der Waals surface area contributed by atoms with E-state index < -0.39 is 0 Å². The second-order valence-corrected chi connectivity index (χ2v) is 32.2. The van der Waals surface area contributed by atoms with Gasteiger partial charge in [-0.15, -0.1) is 0 Å². The Balaban J connectivity index is 0.898. The van der Waals surface area contributed by atoms with Crippen LogP contribution >= 0.6 is 0 Å². The van der Waals surface area contributed by atoms with Gasteiger partial charge in [0.1, 0.15) is 0 Å². The van der Waals surface area contributed by atoms with Gasteiger partial charge in [0.25, 0.3) is 0 Å². The molecule has 24 bridgehead atoms. The number of H-pyrrole nitrogens is 6. The molecule has 9 aromatic heterocycles. The minimum atomic E-state index is 0.722. The van der Waals surface area contributed by atoms with Gasteiger partial charge in [-0.05, 0) is 190 Å². The summed E-state index contributed by atoms with van der Waals surface area (Å²) in [4.78, 5) is 60.8. The minimum Gasteiger partial charge on any atom is -0.355 e. The monoisotopic (exact) mass is 1590 g/mol. The largest absolute Gasteiger partial charge is 0.355 e. The van der Waals surface area contributed by atoms with Gasteiger partial charge in [0.15, 0.2) is 0 Å². The molecule has 0 saturated carbocycles. The summed E-state index contributed by atoms with van der Waals surface area (Å²) in [6, 6.07) is 104. The first-order chi connectivity index (χ1) is 61.3. The van der Waals surface area contributed by atoms with E-state index in [-0.39, 0.29) is 0 Å². The Kier molecular flexibility index (Phi) is 17.8. The van der Waals surface area contributed by atoms with Crippen molar-refractivity contribution in [2.75, 3.05) is 0 Å². The molecule has 15 heterocycles. The first-order valence-corrected chi connectivity index (χ1v) is 43.0. The van der Waals surface area contributed by atoms with Crippen molar-refractivity contribution in [2.24, 2.45) is 0 Å². The molecule has 6 aliphatic heterocycles. The highest BCUT2D eigenvalue weighted by atomic mass is 14.9. The Hall–Kier alpha value is -15.9. The summed E-state index contributed by atoms with van der Waals surface area (Å²) >= 11 is 0. The van der Waals surface area contributed by atoms with Crippen molar-refractivity contribution in [2.45, 2.75) is 53.4 Å². The Morgan fingerprint density at radius 1 is 0.169 bits per heavy atom. The molecule has 6 aliphatic rings. The molecule has 8 aromatic carbocycles. The number of benzene rings is 8. The van der Waals surface area contributed by atoms with Gasteiger partial charge in [0, 0.05) is 111 Å². The van der Waals surface area contributed by atoms with Crippen LogP contribution in [0.3, 0.4) is 0 Å². The fourth-order valence-corrected chi connectivity index (χ4v) is 19.8. The molecule has 0 fully saturated rings.